The lowest BCUT2D eigenvalue weighted by Gasteiger charge is -2.05. The summed E-state index contributed by atoms with van der Waals surface area (Å²) in [6.45, 7) is 2.87. The summed E-state index contributed by atoms with van der Waals surface area (Å²) in [5.74, 6) is -1.11. The molecule has 100 valence electrons. The number of hydrogen-bond donors (Lipinski definition) is 0. The summed E-state index contributed by atoms with van der Waals surface area (Å²) in [6.07, 6.45) is 2.74. The first kappa shape index (κ1) is 14.1. The van der Waals surface area contributed by atoms with Crippen molar-refractivity contribution < 1.29 is 9.59 Å². The van der Waals surface area contributed by atoms with Crippen molar-refractivity contribution in [2.75, 3.05) is 0 Å². The molecule has 2 aromatic rings. The summed E-state index contributed by atoms with van der Waals surface area (Å²) in [4.78, 5) is 22.9. The highest BCUT2D eigenvalue weighted by molar-refractivity contribution is 6.74. The van der Waals surface area contributed by atoms with Gasteiger partial charge in [-0.15, -0.1) is 0 Å². The number of fused-ring (bicyclic) bond motifs is 1. The number of aromatic nitrogens is 1. The summed E-state index contributed by atoms with van der Waals surface area (Å²) in [6, 6.07) is 7.58. The lowest BCUT2D eigenvalue weighted by Crippen LogP contribution is -2.13. The predicted molar refractivity (Wildman–Crippen MR) is 76.7 cm³/mol. The smallest absolute Gasteiger partial charge is 0.238 e. The van der Waals surface area contributed by atoms with Crippen LogP contribution in [0.15, 0.2) is 30.5 Å². The van der Waals surface area contributed by atoms with Gasteiger partial charge >= 0.3 is 0 Å². The maximum absolute atomic E-state index is 11.4. The molecule has 0 bridgehead atoms. The fourth-order valence-corrected chi connectivity index (χ4v) is 2.75. The average molecular weight is 298 g/mol. The van der Waals surface area contributed by atoms with E-state index in [0.29, 0.717) is 5.56 Å². The van der Waals surface area contributed by atoms with Crippen LogP contribution in [0.2, 0.25) is 0 Å². The van der Waals surface area contributed by atoms with Gasteiger partial charge in [-0.2, -0.15) is 0 Å². The Morgan fingerprint density at radius 2 is 1.84 bits per heavy atom. The maximum Gasteiger partial charge on any atom is 0.238 e. The van der Waals surface area contributed by atoms with E-state index < -0.39 is 16.4 Å². The van der Waals surface area contributed by atoms with Crippen molar-refractivity contribution in [3.8, 4) is 0 Å². The second-order valence-electron chi connectivity index (χ2n) is 4.34. The molecule has 0 spiro atoms. The molecule has 0 saturated heterocycles. The lowest BCUT2D eigenvalue weighted by molar-refractivity contribution is -0.120. The Kier molecular flexibility index (Phi) is 4.27. The minimum Gasteiger partial charge on any atom is -0.347 e. The Bertz CT molecular complexity index is 619. The number of aryl methyl sites for hydroxylation is 1. The molecule has 0 aliphatic rings. The molecule has 1 aromatic heterocycles. The van der Waals surface area contributed by atoms with Gasteiger partial charge in [-0.1, -0.05) is 25.1 Å². The molecule has 0 atom stereocenters. The van der Waals surface area contributed by atoms with E-state index in [1.54, 1.807) is 6.20 Å². The third-order valence-corrected chi connectivity index (χ3v) is 3.49. The molecule has 0 aliphatic carbocycles. The molecular weight excluding hydrogens is 285 g/mol. The Balaban J connectivity index is 2.66. The highest BCUT2D eigenvalue weighted by Crippen LogP contribution is 2.31. The largest absolute Gasteiger partial charge is 0.347 e. The van der Waals surface area contributed by atoms with E-state index in [4.69, 9.17) is 23.2 Å². The second kappa shape index (κ2) is 5.76. The van der Waals surface area contributed by atoms with Crippen molar-refractivity contribution >= 4 is 44.6 Å². The van der Waals surface area contributed by atoms with Gasteiger partial charge in [-0.25, -0.2) is 0 Å². The van der Waals surface area contributed by atoms with Gasteiger partial charge in [0.25, 0.3) is 0 Å². The number of para-hydroxylation sites is 1. The SMILES string of the molecule is CCCn1cc(C(C(=O)Cl)C(=O)Cl)c2ccccc21. The summed E-state index contributed by atoms with van der Waals surface area (Å²) < 4.78 is 2.01. The summed E-state index contributed by atoms with van der Waals surface area (Å²) in [5.41, 5.74) is 1.55. The number of benzene rings is 1. The van der Waals surface area contributed by atoms with Crippen LogP contribution in [0.25, 0.3) is 10.9 Å². The molecule has 5 heteroatoms. The number of rotatable bonds is 5. The molecule has 19 heavy (non-hydrogen) atoms. The zero-order valence-electron chi connectivity index (χ0n) is 10.4. The minimum absolute atomic E-state index is 0.573. The molecule has 0 amide bonds. The molecule has 2 rings (SSSR count). The number of carbonyl (C=O) groups is 2. The Morgan fingerprint density at radius 1 is 1.21 bits per heavy atom. The molecule has 0 radical (unpaired) electrons. The van der Waals surface area contributed by atoms with Gasteiger partial charge in [-0.05, 0) is 41.3 Å². The summed E-state index contributed by atoms with van der Waals surface area (Å²) in [7, 11) is 0. The van der Waals surface area contributed by atoms with E-state index in [-0.39, 0.29) is 0 Å². The quantitative estimate of drug-likeness (QED) is 0.624. The van der Waals surface area contributed by atoms with Gasteiger partial charge in [0.2, 0.25) is 10.5 Å². The van der Waals surface area contributed by atoms with E-state index in [1.807, 2.05) is 28.8 Å². The molecule has 3 nitrogen and oxygen atoms in total. The van der Waals surface area contributed by atoms with Gasteiger partial charge < -0.3 is 4.57 Å². The highest BCUT2D eigenvalue weighted by atomic mass is 35.5. The van der Waals surface area contributed by atoms with E-state index >= 15 is 0 Å². The van der Waals surface area contributed by atoms with Crippen molar-refractivity contribution in [2.45, 2.75) is 25.8 Å². The van der Waals surface area contributed by atoms with Crippen LogP contribution in [-0.2, 0) is 16.1 Å². The van der Waals surface area contributed by atoms with Crippen molar-refractivity contribution in [1.29, 1.82) is 0 Å². The number of nitrogens with zero attached hydrogens (tertiary/aromatic N) is 1. The molecule has 0 aliphatic heterocycles. The summed E-state index contributed by atoms with van der Waals surface area (Å²) in [5, 5.41) is -0.664. The molecule has 0 saturated carbocycles. The van der Waals surface area contributed by atoms with Crippen molar-refractivity contribution in [3.05, 3.63) is 36.0 Å². The van der Waals surface area contributed by atoms with Gasteiger partial charge in [0, 0.05) is 23.6 Å². The number of carbonyl (C=O) groups excluding carboxylic acids is 2. The van der Waals surface area contributed by atoms with Gasteiger partial charge in [-0.3, -0.25) is 9.59 Å². The van der Waals surface area contributed by atoms with Gasteiger partial charge in [0.05, 0.1) is 0 Å². The van der Waals surface area contributed by atoms with Crippen LogP contribution in [0.5, 0.6) is 0 Å². The van der Waals surface area contributed by atoms with E-state index in [0.717, 1.165) is 23.9 Å². The maximum atomic E-state index is 11.4. The molecule has 0 fully saturated rings. The van der Waals surface area contributed by atoms with Crippen LogP contribution in [0.4, 0.5) is 0 Å². The lowest BCUT2D eigenvalue weighted by atomic mass is 10.0. The van der Waals surface area contributed by atoms with Crippen LogP contribution < -0.4 is 0 Å². The molecule has 1 heterocycles. The van der Waals surface area contributed by atoms with Crippen LogP contribution >= 0.6 is 23.2 Å². The third-order valence-electron chi connectivity index (χ3n) is 3.05. The predicted octanol–water partition coefficient (Wildman–Crippen LogP) is 3.67. The first-order valence-corrected chi connectivity index (χ1v) is 6.78. The normalized spacial score (nSPS) is 11.2. The molecule has 1 aromatic carbocycles. The highest BCUT2D eigenvalue weighted by Gasteiger charge is 2.28. The van der Waals surface area contributed by atoms with Crippen molar-refractivity contribution in [3.63, 3.8) is 0 Å². The monoisotopic (exact) mass is 297 g/mol. The van der Waals surface area contributed by atoms with E-state index in [1.165, 1.54) is 0 Å². The Hall–Kier alpha value is -1.32. The van der Waals surface area contributed by atoms with E-state index in [2.05, 4.69) is 6.92 Å². The fraction of sp³-hybridized carbons (Fsp3) is 0.286. The molecular formula is C14H13Cl2NO2. The fourth-order valence-electron chi connectivity index (χ4n) is 2.26. The van der Waals surface area contributed by atoms with Gasteiger partial charge in [0.15, 0.2) is 0 Å². The second-order valence-corrected chi connectivity index (χ2v) is 5.08. The van der Waals surface area contributed by atoms with Gasteiger partial charge in [0.1, 0.15) is 5.92 Å². The van der Waals surface area contributed by atoms with Crippen LogP contribution in [0.3, 0.4) is 0 Å². The third kappa shape index (κ3) is 2.67. The molecule has 0 unspecified atom stereocenters. The minimum atomic E-state index is -1.11. The first-order chi connectivity index (χ1) is 9.06. The molecule has 0 N–H and O–H groups in total. The topological polar surface area (TPSA) is 39.1 Å². The standard InChI is InChI=1S/C14H13Cl2NO2/c1-2-7-17-8-10(12(13(15)18)14(16)19)9-5-3-4-6-11(9)17/h3-6,8,12H,2,7H2,1H3. The van der Waals surface area contributed by atoms with Crippen LogP contribution in [-0.4, -0.2) is 15.1 Å². The number of hydrogen-bond acceptors (Lipinski definition) is 2. The van der Waals surface area contributed by atoms with Crippen LogP contribution in [0.1, 0.15) is 24.8 Å². The summed E-state index contributed by atoms with van der Waals surface area (Å²) >= 11 is 11.0. The average Bonchev–Trinajstić information content (AvgIpc) is 2.69. The zero-order chi connectivity index (χ0) is 14.0. The number of halogens is 2. The van der Waals surface area contributed by atoms with Crippen LogP contribution in [0, 0.1) is 0 Å². The van der Waals surface area contributed by atoms with Crippen molar-refractivity contribution in [1.82, 2.24) is 4.57 Å². The Morgan fingerprint density at radius 3 is 2.42 bits per heavy atom. The first-order valence-electron chi connectivity index (χ1n) is 6.02. The zero-order valence-corrected chi connectivity index (χ0v) is 11.9. The van der Waals surface area contributed by atoms with E-state index in [9.17, 15) is 9.59 Å². The Labute approximate surface area is 121 Å². The van der Waals surface area contributed by atoms with Crippen molar-refractivity contribution in [2.24, 2.45) is 0 Å².